The van der Waals surface area contributed by atoms with E-state index in [9.17, 15) is 4.79 Å². The maximum atomic E-state index is 11.8. The third kappa shape index (κ3) is 4.28. The summed E-state index contributed by atoms with van der Waals surface area (Å²) in [5.74, 6) is 0.769. The predicted molar refractivity (Wildman–Crippen MR) is 85.3 cm³/mol. The molecule has 0 aliphatic carbocycles. The molecule has 6 heteroatoms. The fourth-order valence-corrected chi connectivity index (χ4v) is 2.19. The predicted octanol–water partition coefficient (Wildman–Crippen LogP) is 4.32. The lowest BCUT2D eigenvalue weighted by atomic mass is 10.2. The van der Waals surface area contributed by atoms with Crippen molar-refractivity contribution >= 4 is 34.9 Å². The monoisotopic (exact) mass is 324 g/mol. The van der Waals surface area contributed by atoms with Gasteiger partial charge in [0.25, 0.3) is 0 Å². The zero-order valence-corrected chi connectivity index (χ0v) is 12.8. The summed E-state index contributed by atoms with van der Waals surface area (Å²) in [6, 6.07) is 12.1. The average Bonchev–Trinajstić information content (AvgIpc) is 2.49. The Balaban J connectivity index is 1.92. The van der Waals surface area contributed by atoms with Crippen molar-refractivity contribution in [2.45, 2.75) is 6.54 Å². The summed E-state index contributed by atoms with van der Waals surface area (Å²) in [6.07, 6.45) is 0. The molecule has 21 heavy (non-hydrogen) atoms. The van der Waals surface area contributed by atoms with Crippen LogP contribution < -0.4 is 15.4 Å². The molecule has 2 aromatic carbocycles. The van der Waals surface area contributed by atoms with Gasteiger partial charge in [-0.3, -0.25) is 0 Å². The maximum absolute atomic E-state index is 11.8. The second-order valence-electron chi connectivity index (χ2n) is 4.25. The van der Waals surface area contributed by atoms with Crippen LogP contribution in [0.2, 0.25) is 10.0 Å². The molecule has 0 aliphatic heterocycles. The number of carbonyl (C=O) groups is 1. The van der Waals surface area contributed by atoms with Crippen molar-refractivity contribution in [1.82, 2.24) is 5.32 Å². The zero-order chi connectivity index (χ0) is 15.2. The molecular formula is C15H14Cl2N2O2. The summed E-state index contributed by atoms with van der Waals surface area (Å²) < 4.78 is 5.07. The number of urea groups is 1. The number of methoxy groups -OCH3 is 1. The topological polar surface area (TPSA) is 50.4 Å². The van der Waals surface area contributed by atoms with E-state index in [2.05, 4.69) is 10.6 Å². The molecule has 2 amide bonds. The lowest BCUT2D eigenvalue weighted by molar-refractivity contribution is 0.251. The Kier molecular flexibility index (Phi) is 5.31. The molecule has 0 radical (unpaired) electrons. The lowest BCUT2D eigenvalue weighted by Crippen LogP contribution is -2.28. The van der Waals surface area contributed by atoms with Crippen LogP contribution in [0.1, 0.15) is 5.56 Å². The number of anilines is 1. The van der Waals surface area contributed by atoms with E-state index >= 15 is 0 Å². The first kappa shape index (κ1) is 15.5. The molecule has 0 aliphatic rings. The van der Waals surface area contributed by atoms with E-state index in [-0.39, 0.29) is 6.03 Å². The quantitative estimate of drug-likeness (QED) is 0.879. The molecule has 2 N–H and O–H groups in total. The van der Waals surface area contributed by atoms with Crippen LogP contribution in [0.5, 0.6) is 5.75 Å². The molecule has 0 heterocycles. The van der Waals surface area contributed by atoms with Crippen LogP contribution in [-0.2, 0) is 6.54 Å². The molecule has 0 unspecified atom stereocenters. The number of rotatable bonds is 4. The molecule has 0 bridgehead atoms. The standard InChI is InChI=1S/C15H14Cl2N2O2/c1-21-11-7-5-10(6-8-11)9-18-15(20)19-14-12(16)3-2-4-13(14)17/h2-8H,9H2,1H3,(H2,18,19,20). The second kappa shape index (κ2) is 7.20. The maximum Gasteiger partial charge on any atom is 0.319 e. The van der Waals surface area contributed by atoms with E-state index in [4.69, 9.17) is 27.9 Å². The van der Waals surface area contributed by atoms with Gasteiger partial charge < -0.3 is 15.4 Å². The van der Waals surface area contributed by atoms with Gasteiger partial charge in [-0.25, -0.2) is 4.79 Å². The molecule has 0 saturated heterocycles. The molecule has 110 valence electrons. The number of benzene rings is 2. The third-order valence-corrected chi connectivity index (χ3v) is 3.44. The van der Waals surface area contributed by atoms with Crippen LogP contribution in [0.3, 0.4) is 0 Å². The fraction of sp³-hybridized carbons (Fsp3) is 0.133. The molecule has 4 nitrogen and oxygen atoms in total. The summed E-state index contributed by atoms with van der Waals surface area (Å²) in [5.41, 5.74) is 1.35. The highest BCUT2D eigenvalue weighted by molar-refractivity contribution is 6.39. The summed E-state index contributed by atoms with van der Waals surface area (Å²) in [7, 11) is 1.61. The van der Waals surface area contributed by atoms with Gasteiger partial charge in [-0.1, -0.05) is 41.4 Å². The molecule has 0 atom stereocenters. The molecule has 0 saturated carbocycles. The minimum Gasteiger partial charge on any atom is -0.497 e. The molecule has 0 aromatic heterocycles. The highest BCUT2D eigenvalue weighted by atomic mass is 35.5. The first-order valence-corrected chi connectivity index (χ1v) is 6.97. The van der Waals surface area contributed by atoms with Gasteiger partial charge in [0.1, 0.15) is 5.75 Å². The zero-order valence-electron chi connectivity index (χ0n) is 11.3. The van der Waals surface area contributed by atoms with Crippen LogP contribution in [0.15, 0.2) is 42.5 Å². The second-order valence-corrected chi connectivity index (χ2v) is 5.07. The number of hydrogen-bond donors (Lipinski definition) is 2. The first-order chi connectivity index (χ1) is 10.1. The Morgan fingerprint density at radius 2 is 1.71 bits per heavy atom. The van der Waals surface area contributed by atoms with Crippen molar-refractivity contribution in [3.63, 3.8) is 0 Å². The van der Waals surface area contributed by atoms with E-state index in [1.807, 2.05) is 24.3 Å². The molecule has 2 aromatic rings. The van der Waals surface area contributed by atoms with E-state index in [1.165, 1.54) is 0 Å². The van der Waals surface area contributed by atoms with E-state index in [0.29, 0.717) is 22.3 Å². The number of nitrogens with one attached hydrogen (secondary N) is 2. The highest BCUT2D eigenvalue weighted by Gasteiger charge is 2.09. The number of para-hydroxylation sites is 1. The Labute approximate surface area is 133 Å². The number of amides is 2. The highest BCUT2D eigenvalue weighted by Crippen LogP contribution is 2.29. The first-order valence-electron chi connectivity index (χ1n) is 6.22. The Hall–Kier alpha value is -1.91. The molecular weight excluding hydrogens is 311 g/mol. The van der Waals surface area contributed by atoms with Crippen molar-refractivity contribution in [1.29, 1.82) is 0 Å². The third-order valence-electron chi connectivity index (χ3n) is 2.81. The van der Waals surface area contributed by atoms with Crippen LogP contribution in [0.4, 0.5) is 10.5 Å². The molecule has 0 fully saturated rings. The van der Waals surface area contributed by atoms with Gasteiger partial charge in [0.15, 0.2) is 0 Å². The SMILES string of the molecule is COc1ccc(CNC(=O)Nc2c(Cl)cccc2Cl)cc1. The van der Waals surface area contributed by atoms with Gasteiger partial charge in [-0.2, -0.15) is 0 Å². The Bertz CT molecular complexity index is 610. The van der Waals surface area contributed by atoms with Crippen LogP contribution in [-0.4, -0.2) is 13.1 Å². The minimum absolute atomic E-state index is 0.374. The van der Waals surface area contributed by atoms with Crippen LogP contribution in [0, 0.1) is 0 Å². The average molecular weight is 325 g/mol. The van der Waals surface area contributed by atoms with Crippen molar-refractivity contribution in [2.24, 2.45) is 0 Å². The Morgan fingerprint density at radius 3 is 2.29 bits per heavy atom. The number of hydrogen-bond acceptors (Lipinski definition) is 2. The molecule has 2 rings (SSSR count). The van der Waals surface area contributed by atoms with E-state index < -0.39 is 0 Å². The van der Waals surface area contributed by atoms with Gasteiger partial charge in [-0.15, -0.1) is 0 Å². The fourth-order valence-electron chi connectivity index (χ4n) is 1.70. The smallest absolute Gasteiger partial charge is 0.319 e. The number of carbonyl (C=O) groups excluding carboxylic acids is 1. The van der Waals surface area contributed by atoms with Crippen LogP contribution in [0.25, 0.3) is 0 Å². The summed E-state index contributed by atoms with van der Waals surface area (Å²) in [6.45, 7) is 0.387. The van der Waals surface area contributed by atoms with E-state index in [0.717, 1.165) is 11.3 Å². The van der Waals surface area contributed by atoms with Gasteiger partial charge in [-0.05, 0) is 29.8 Å². The summed E-state index contributed by atoms with van der Waals surface area (Å²) in [4.78, 5) is 11.8. The van der Waals surface area contributed by atoms with Gasteiger partial charge in [0, 0.05) is 6.54 Å². The van der Waals surface area contributed by atoms with Gasteiger partial charge in [0.05, 0.1) is 22.8 Å². The van der Waals surface area contributed by atoms with Crippen molar-refractivity contribution < 1.29 is 9.53 Å². The van der Waals surface area contributed by atoms with Gasteiger partial charge in [0.2, 0.25) is 0 Å². The summed E-state index contributed by atoms with van der Waals surface area (Å²) >= 11 is 12.0. The molecule has 0 spiro atoms. The van der Waals surface area contributed by atoms with Crippen molar-refractivity contribution in [3.8, 4) is 5.75 Å². The van der Waals surface area contributed by atoms with Crippen molar-refractivity contribution in [2.75, 3.05) is 12.4 Å². The van der Waals surface area contributed by atoms with E-state index in [1.54, 1.807) is 25.3 Å². The summed E-state index contributed by atoms with van der Waals surface area (Å²) in [5, 5.41) is 6.15. The minimum atomic E-state index is -0.374. The Morgan fingerprint density at radius 1 is 1.10 bits per heavy atom. The number of ether oxygens (including phenoxy) is 1. The normalized spacial score (nSPS) is 10.0. The van der Waals surface area contributed by atoms with Gasteiger partial charge >= 0.3 is 6.03 Å². The van der Waals surface area contributed by atoms with Crippen LogP contribution >= 0.6 is 23.2 Å². The number of halogens is 2. The van der Waals surface area contributed by atoms with Crippen molar-refractivity contribution in [3.05, 3.63) is 58.1 Å². The largest absolute Gasteiger partial charge is 0.497 e. The lowest BCUT2D eigenvalue weighted by Gasteiger charge is -2.10.